The fraction of sp³-hybridized carbons (Fsp3) is 0.375. The zero-order valence-electron chi connectivity index (χ0n) is 19.4. The Bertz CT molecular complexity index is 1130. The highest BCUT2D eigenvalue weighted by Crippen LogP contribution is 2.36. The number of benzene rings is 1. The van der Waals surface area contributed by atoms with Gasteiger partial charge in [0.25, 0.3) is 11.8 Å². The summed E-state index contributed by atoms with van der Waals surface area (Å²) in [5.41, 5.74) is 5.23. The summed E-state index contributed by atoms with van der Waals surface area (Å²) in [4.78, 5) is 21.7. The molecular formula is C24H24F6N4O2. The predicted octanol–water partition coefficient (Wildman–Crippen LogP) is 4.56. The molecule has 1 aliphatic rings. The first-order valence-corrected chi connectivity index (χ1v) is 10.8. The van der Waals surface area contributed by atoms with Gasteiger partial charge in [0, 0.05) is 37.5 Å². The van der Waals surface area contributed by atoms with E-state index in [0.717, 1.165) is 29.2 Å². The molecular weight excluding hydrogens is 490 g/mol. The van der Waals surface area contributed by atoms with Crippen LogP contribution in [0.3, 0.4) is 0 Å². The lowest BCUT2D eigenvalue weighted by molar-refractivity contribution is -0.151. The van der Waals surface area contributed by atoms with Gasteiger partial charge < -0.3 is 15.4 Å². The van der Waals surface area contributed by atoms with Crippen LogP contribution in [0, 0.1) is 11.7 Å². The fourth-order valence-electron chi connectivity index (χ4n) is 3.95. The van der Waals surface area contributed by atoms with Crippen molar-refractivity contribution < 1.29 is 35.9 Å². The van der Waals surface area contributed by atoms with Crippen LogP contribution in [0.25, 0.3) is 5.57 Å². The quantitative estimate of drug-likeness (QED) is 0.348. The van der Waals surface area contributed by atoms with E-state index in [1.807, 2.05) is 0 Å². The van der Waals surface area contributed by atoms with E-state index in [0.29, 0.717) is 11.8 Å². The monoisotopic (exact) mass is 514 g/mol. The van der Waals surface area contributed by atoms with E-state index < -0.39 is 54.3 Å². The Labute approximate surface area is 203 Å². The van der Waals surface area contributed by atoms with Crippen molar-refractivity contribution in [3.8, 4) is 5.88 Å². The van der Waals surface area contributed by atoms with Crippen LogP contribution in [0.5, 0.6) is 5.88 Å². The van der Waals surface area contributed by atoms with Crippen molar-refractivity contribution in [1.82, 2.24) is 9.88 Å². The molecule has 0 bridgehead atoms. The van der Waals surface area contributed by atoms with Crippen LogP contribution in [-0.4, -0.2) is 54.2 Å². The average Bonchev–Trinajstić information content (AvgIpc) is 2.80. The molecule has 1 aliphatic heterocycles. The minimum Gasteiger partial charge on any atom is -0.475 e. The Morgan fingerprint density at radius 1 is 1.25 bits per heavy atom. The fourth-order valence-corrected chi connectivity index (χ4v) is 3.95. The molecule has 1 unspecified atom stereocenters. The normalized spacial score (nSPS) is 20.8. The van der Waals surface area contributed by atoms with Gasteiger partial charge in [-0.3, -0.25) is 9.79 Å². The molecule has 194 valence electrons. The number of ether oxygens (including phenoxy) is 1. The maximum absolute atomic E-state index is 14.5. The Hall–Kier alpha value is -3.57. The number of halogens is 6. The third-order valence-electron chi connectivity index (χ3n) is 5.74. The van der Waals surface area contributed by atoms with E-state index in [1.165, 1.54) is 32.3 Å². The number of aromatic nitrogens is 1. The number of likely N-dealkylation sites (tertiary alicyclic amines) is 1. The van der Waals surface area contributed by atoms with Gasteiger partial charge >= 0.3 is 6.18 Å². The topological polar surface area (TPSA) is 80.8 Å². The summed E-state index contributed by atoms with van der Waals surface area (Å²) in [5.74, 6) is -5.53. The highest BCUT2D eigenvalue weighted by atomic mass is 19.4. The Morgan fingerprint density at radius 3 is 2.47 bits per heavy atom. The summed E-state index contributed by atoms with van der Waals surface area (Å²) in [6.07, 6.45) is -3.25. The van der Waals surface area contributed by atoms with Crippen LogP contribution >= 0.6 is 0 Å². The van der Waals surface area contributed by atoms with Gasteiger partial charge in [0.2, 0.25) is 5.88 Å². The number of aliphatic imine (C=N–C) groups is 1. The lowest BCUT2D eigenvalue weighted by atomic mass is 9.88. The molecule has 1 fully saturated rings. The highest BCUT2D eigenvalue weighted by molar-refractivity contribution is 6.18. The molecule has 1 amide bonds. The van der Waals surface area contributed by atoms with E-state index >= 15 is 0 Å². The average molecular weight is 514 g/mol. The molecule has 6 nitrogen and oxygen atoms in total. The number of carbonyl (C=O) groups is 1. The van der Waals surface area contributed by atoms with Gasteiger partial charge in [0.1, 0.15) is 18.1 Å². The third kappa shape index (κ3) is 6.35. The predicted molar refractivity (Wildman–Crippen MR) is 121 cm³/mol. The number of amides is 1. The van der Waals surface area contributed by atoms with Crippen LogP contribution in [0.2, 0.25) is 0 Å². The van der Waals surface area contributed by atoms with Crippen molar-refractivity contribution in [3.63, 3.8) is 0 Å². The molecule has 12 heteroatoms. The third-order valence-corrected chi connectivity index (χ3v) is 5.74. The number of pyridine rings is 1. The summed E-state index contributed by atoms with van der Waals surface area (Å²) < 4.78 is 86.0. The maximum Gasteiger partial charge on any atom is 0.417 e. The second-order valence-electron chi connectivity index (χ2n) is 8.45. The number of nitrogens with zero attached hydrogens (tertiary/aromatic N) is 3. The zero-order valence-corrected chi connectivity index (χ0v) is 19.4. The summed E-state index contributed by atoms with van der Waals surface area (Å²) in [7, 11) is 1.42. The number of hydrogen-bond donors (Lipinski definition) is 1. The number of piperidine rings is 1. The minimum atomic E-state index is -4.58. The zero-order chi connectivity index (χ0) is 26.7. The Kier molecular flexibility index (Phi) is 7.95. The van der Waals surface area contributed by atoms with Crippen LogP contribution in [0.15, 0.2) is 53.3 Å². The first-order chi connectivity index (χ1) is 16.8. The van der Waals surface area contributed by atoms with E-state index in [4.69, 9.17) is 10.5 Å². The largest absolute Gasteiger partial charge is 0.475 e. The summed E-state index contributed by atoms with van der Waals surface area (Å²) in [6.45, 7) is 0.267. The minimum absolute atomic E-state index is 0.119. The van der Waals surface area contributed by atoms with E-state index in [2.05, 4.69) is 9.98 Å². The molecule has 1 aromatic heterocycles. The Balaban J connectivity index is 1.89. The van der Waals surface area contributed by atoms with Crippen molar-refractivity contribution in [1.29, 1.82) is 0 Å². The second-order valence-corrected chi connectivity index (χ2v) is 8.45. The Morgan fingerprint density at radius 2 is 1.92 bits per heavy atom. The molecule has 2 heterocycles. The molecule has 2 aromatic rings. The van der Waals surface area contributed by atoms with E-state index in [9.17, 15) is 31.1 Å². The number of hydrogen-bond acceptors (Lipinski definition) is 5. The number of allylic oxidation sites excluding steroid dienone is 1. The van der Waals surface area contributed by atoms with Gasteiger partial charge in [-0.15, -0.1) is 0 Å². The first kappa shape index (κ1) is 27.0. The van der Waals surface area contributed by atoms with Crippen LogP contribution < -0.4 is 10.5 Å². The maximum atomic E-state index is 14.5. The van der Waals surface area contributed by atoms with Crippen molar-refractivity contribution in [2.45, 2.75) is 31.5 Å². The SMILES string of the molecule is CN=CC(=C(N)C(=O)N1CC(F)(F)C[C@@H](C)C1COc1ccc(C(F)(F)F)cn1)c1ccc(F)cc1. The molecule has 0 saturated carbocycles. The molecule has 0 radical (unpaired) electrons. The van der Waals surface area contributed by atoms with Gasteiger partial charge in [-0.25, -0.2) is 18.2 Å². The van der Waals surface area contributed by atoms with Gasteiger partial charge in [-0.1, -0.05) is 19.1 Å². The van der Waals surface area contributed by atoms with Gasteiger partial charge in [0.05, 0.1) is 18.2 Å². The van der Waals surface area contributed by atoms with Crippen molar-refractivity contribution >= 4 is 17.7 Å². The van der Waals surface area contributed by atoms with Crippen LogP contribution in [0.1, 0.15) is 24.5 Å². The molecule has 3 rings (SSSR count). The summed E-state index contributed by atoms with van der Waals surface area (Å²) in [5, 5.41) is 0. The smallest absolute Gasteiger partial charge is 0.417 e. The molecule has 1 aromatic carbocycles. The summed E-state index contributed by atoms with van der Waals surface area (Å²) >= 11 is 0. The van der Waals surface area contributed by atoms with Crippen molar-refractivity contribution in [3.05, 3.63) is 65.2 Å². The number of rotatable bonds is 6. The molecule has 36 heavy (non-hydrogen) atoms. The van der Waals surface area contributed by atoms with E-state index in [-0.39, 0.29) is 23.8 Å². The number of carbonyl (C=O) groups excluding carboxylic acids is 1. The van der Waals surface area contributed by atoms with Crippen LogP contribution in [-0.2, 0) is 11.0 Å². The van der Waals surface area contributed by atoms with Gasteiger partial charge in [0.15, 0.2) is 0 Å². The number of nitrogens with two attached hydrogens (primary N) is 1. The number of alkyl halides is 5. The van der Waals surface area contributed by atoms with Crippen molar-refractivity contribution in [2.24, 2.45) is 16.6 Å². The first-order valence-electron chi connectivity index (χ1n) is 10.8. The lowest BCUT2D eigenvalue weighted by Gasteiger charge is -2.43. The lowest BCUT2D eigenvalue weighted by Crippen LogP contribution is -2.58. The molecule has 0 spiro atoms. The van der Waals surface area contributed by atoms with Crippen LogP contribution in [0.4, 0.5) is 26.3 Å². The van der Waals surface area contributed by atoms with Crippen molar-refractivity contribution in [2.75, 3.05) is 20.2 Å². The second kappa shape index (κ2) is 10.6. The standard InChI is InChI=1S/C24H24F6N4O2/c1-14-9-23(26,27)13-34(19(14)12-36-20-8-5-16(10-33-20)24(28,29)30)22(35)21(31)18(11-32-2)15-3-6-17(25)7-4-15/h3-8,10-11,14,19H,9,12-13,31H2,1-2H3/t14-,19?/m1/s1. The summed E-state index contributed by atoms with van der Waals surface area (Å²) in [6, 6.07) is 5.96. The van der Waals surface area contributed by atoms with Gasteiger partial charge in [-0.2, -0.15) is 13.2 Å². The molecule has 1 saturated heterocycles. The highest BCUT2D eigenvalue weighted by Gasteiger charge is 2.47. The molecule has 0 aliphatic carbocycles. The van der Waals surface area contributed by atoms with Gasteiger partial charge in [-0.05, 0) is 29.7 Å². The molecule has 2 atom stereocenters. The van der Waals surface area contributed by atoms with E-state index in [1.54, 1.807) is 0 Å². The molecule has 2 N–H and O–H groups in total.